The van der Waals surface area contributed by atoms with E-state index < -0.39 is 0 Å². The van der Waals surface area contributed by atoms with Crippen LogP contribution >= 0.6 is 0 Å². The minimum absolute atomic E-state index is 0.194. The fourth-order valence-corrected chi connectivity index (χ4v) is 3.86. The van der Waals surface area contributed by atoms with E-state index in [2.05, 4.69) is 10.1 Å². The van der Waals surface area contributed by atoms with E-state index in [0.29, 0.717) is 25.4 Å². The Kier molecular flexibility index (Phi) is 6.07. The van der Waals surface area contributed by atoms with Crippen LogP contribution in [0.5, 0.6) is 0 Å². The van der Waals surface area contributed by atoms with Crippen LogP contribution in [0.25, 0.3) is 0 Å². The van der Waals surface area contributed by atoms with Crippen LogP contribution in [0.1, 0.15) is 54.7 Å². The van der Waals surface area contributed by atoms with Gasteiger partial charge in [0.2, 0.25) is 5.91 Å². The van der Waals surface area contributed by atoms with Crippen LogP contribution in [0, 0.1) is 19.7 Å². The van der Waals surface area contributed by atoms with Crippen molar-refractivity contribution in [3.05, 3.63) is 52.7 Å². The van der Waals surface area contributed by atoms with E-state index in [1.165, 1.54) is 25.0 Å². The molecule has 1 aliphatic rings. The van der Waals surface area contributed by atoms with E-state index in [0.717, 1.165) is 41.8 Å². The minimum atomic E-state index is -0.225. The molecule has 1 aliphatic carbocycles. The predicted molar refractivity (Wildman–Crippen MR) is 98.4 cm³/mol. The van der Waals surface area contributed by atoms with Gasteiger partial charge in [0.15, 0.2) is 0 Å². The maximum atomic E-state index is 13.1. The highest BCUT2D eigenvalue weighted by Gasteiger charge is 2.26. The Balaban J connectivity index is 1.63. The molecule has 0 bridgehead atoms. The molecule has 0 unspecified atom stereocenters. The molecule has 1 saturated carbocycles. The average molecular weight is 358 g/mol. The maximum Gasteiger partial charge on any atom is 0.223 e. The first-order chi connectivity index (χ1) is 12.5. The average Bonchev–Trinajstić information content (AvgIpc) is 3.26. The van der Waals surface area contributed by atoms with Gasteiger partial charge in [-0.05, 0) is 57.2 Å². The molecule has 0 radical (unpaired) electrons. The minimum Gasteiger partial charge on any atom is -0.361 e. The molecule has 1 aromatic heterocycles. The Labute approximate surface area is 154 Å². The number of aryl methyl sites for hydroxylation is 2. The maximum absolute atomic E-state index is 13.1. The molecular weight excluding hydrogens is 331 g/mol. The van der Waals surface area contributed by atoms with E-state index in [9.17, 15) is 9.18 Å². The van der Waals surface area contributed by atoms with E-state index >= 15 is 0 Å². The summed E-state index contributed by atoms with van der Waals surface area (Å²) in [5.74, 6) is 0.768. The van der Waals surface area contributed by atoms with Crippen LogP contribution < -0.4 is 0 Å². The van der Waals surface area contributed by atoms with Crippen LogP contribution in [-0.4, -0.2) is 28.6 Å². The molecule has 3 rings (SSSR count). The van der Waals surface area contributed by atoms with Gasteiger partial charge < -0.3 is 9.42 Å². The number of benzene rings is 1. The molecule has 4 nitrogen and oxygen atoms in total. The summed E-state index contributed by atoms with van der Waals surface area (Å²) in [7, 11) is 0. The Morgan fingerprint density at radius 2 is 1.88 bits per heavy atom. The molecule has 5 heteroatoms. The monoisotopic (exact) mass is 358 g/mol. The first-order valence-electron chi connectivity index (χ1n) is 9.50. The van der Waals surface area contributed by atoms with Gasteiger partial charge >= 0.3 is 0 Å². The molecule has 0 N–H and O–H groups in total. The highest BCUT2D eigenvalue weighted by atomic mass is 19.1. The second kappa shape index (κ2) is 8.47. The zero-order valence-corrected chi connectivity index (χ0v) is 15.6. The summed E-state index contributed by atoms with van der Waals surface area (Å²) >= 11 is 0. The molecular formula is C21H27FN2O2. The summed E-state index contributed by atoms with van der Waals surface area (Å²) < 4.78 is 18.3. The fraction of sp³-hybridized carbons (Fsp3) is 0.524. The van der Waals surface area contributed by atoms with Gasteiger partial charge in [-0.1, -0.05) is 30.1 Å². The fourth-order valence-electron chi connectivity index (χ4n) is 3.86. The third-order valence-corrected chi connectivity index (χ3v) is 5.41. The summed E-state index contributed by atoms with van der Waals surface area (Å²) in [5.41, 5.74) is 2.98. The van der Waals surface area contributed by atoms with Crippen LogP contribution in [-0.2, 0) is 17.6 Å². The van der Waals surface area contributed by atoms with Crippen molar-refractivity contribution in [2.24, 2.45) is 0 Å². The largest absolute Gasteiger partial charge is 0.361 e. The molecule has 1 aromatic carbocycles. The second-order valence-electron chi connectivity index (χ2n) is 7.20. The molecule has 1 heterocycles. The molecule has 0 saturated heterocycles. The SMILES string of the molecule is Cc1noc(C)c1CCC(=O)N(CCc1ccc(F)cc1)C1CCCC1. The van der Waals surface area contributed by atoms with Crippen LogP contribution in [0.15, 0.2) is 28.8 Å². The van der Waals surface area contributed by atoms with Crippen molar-refractivity contribution >= 4 is 5.91 Å². The Bertz CT molecular complexity index is 713. The van der Waals surface area contributed by atoms with Crippen molar-refractivity contribution in [1.29, 1.82) is 0 Å². The Morgan fingerprint density at radius 3 is 2.50 bits per heavy atom. The van der Waals surface area contributed by atoms with Crippen LogP contribution in [0.4, 0.5) is 4.39 Å². The van der Waals surface area contributed by atoms with Crippen molar-refractivity contribution in [3.63, 3.8) is 0 Å². The summed E-state index contributed by atoms with van der Waals surface area (Å²) in [6.45, 7) is 4.50. The van der Waals surface area contributed by atoms with Gasteiger partial charge in [0.25, 0.3) is 0 Å². The van der Waals surface area contributed by atoms with Gasteiger partial charge in [-0.25, -0.2) is 4.39 Å². The number of nitrogens with zero attached hydrogens (tertiary/aromatic N) is 2. The number of aromatic nitrogens is 1. The quantitative estimate of drug-likeness (QED) is 0.738. The number of carbonyl (C=O) groups is 1. The number of carbonyl (C=O) groups excluding carboxylic acids is 1. The number of amides is 1. The molecule has 0 aliphatic heterocycles. The van der Waals surface area contributed by atoms with Crippen LogP contribution in [0.3, 0.4) is 0 Å². The third kappa shape index (κ3) is 4.51. The van der Waals surface area contributed by atoms with Gasteiger partial charge in [0.1, 0.15) is 11.6 Å². The molecule has 1 amide bonds. The molecule has 26 heavy (non-hydrogen) atoms. The van der Waals surface area contributed by atoms with Gasteiger partial charge in [0.05, 0.1) is 5.69 Å². The van der Waals surface area contributed by atoms with Crippen LogP contribution in [0.2, 0.25) is 0 Å². The number of halogens is 1. The number of rotatable bonds is 7. The molecule has 0 spiro atoms. The van der Waals surface area contributed by atoms with E-state index in [1.54, 1.807) is 12.1 Å². The topological polar surface area (TPSA) is 46.3 Å². The van der Waals surface area contributed by atoms with E-state index in [4.69, 9.17) is 4.52 Å². The summed E-state index contributed by atoms with van der Waals surface area (Å²) in [6.07, 6.45) is 6.45. The molecule has 2 aromatic rings. The summed E-state index contributed by atoms with van der Waals surface area (Å²) in [6, 6.07) is 6.91. The van der Waals surface area contributed by atoms with Crippen molar-refractivity contribution in [2.75, 3.05) is 6.54 Å². The van der Waals surface area contributed by atoms with Crippen molar-refractivity contribution in [3.8, 4) is 0 Å². The van der Waals surface area contributed by atoms with Gasteiger partial charge in [-0.3, -0.25) is 4.79 Å². The van der Waals surface area contributed by atoms with Gasteiger partial charge in [-0.2, -0.15) is 0 Å². The summed E-state index contributed by atoms with van der Waals surface area (Å²) in [5, 5.41) is 3.97. The first kappa shape index (κ1) is 18.6. The van der Waals surface area contributed by atoms with Crippen molar-refractivity contribution in [1.82, 2.24) is 10.1 Å². The van der Waals surface area contributed by atoms with E-state index in [1.807, 2.05) is 13.8 Å². The Hall–Kier alpha value is -2.17. The lowest BCUT2D eigenvalue weighted by atomic mass is 10.1. The first-order valence-corrected chi connectivity index (χ1v) is 9.50. The number of hydrogen-bond acceptors (Lipinski definition) is 3. The number of hydrogen-bond donors (Lipinski definition) is 0. The highest BCUT2D eigenvalue weighted by Crippen LogP contribution is 2.25. The lowest BCUT2D eigenvalue weighted by molar-refractivity contribution is -0.133. The molecule has 0 atom stereocenters. The summed E-state index contributed by atoms with van der Waals surface area (Å²) in [4.78, 5) is 15.0. The van der Waals surface area contributed by atoms with Crippen molar-refractivity contribution in [2.45, 2.75) is 64.8 Å². The zero-order valence-electron chi connectivity index (χ0n) is 15.6. The smallest absolute Gasteiger partial charge is 0.223 e. The van der Waals surface area contributed by atoms with E-state index in [-0.39, 0.29) is 11.7 Å². The Morgan fingerprint density at radius 1 is 1.19 bits per heavy atom. The third-order valence-electron chi connectivity index (χ3n) is 5.41. The normalized spacial score (nSPS) is 14.7. The lowest BCUT2D eigenvalue weighted by Gasteiger charge is -2.29. The molecule has 1 fully saturated rings. The standard InChI is InChI=1S/C21H27FN2O2/c1-15-20(16(2)26-23-15)11-12-21(25)24(19-5-3-4-6-19)14-13-17-7-9-18(22)10-8-17/h7-10,19H,3-6,11-14H2,1-2H3. The predicted octanol–water partition coefficient (Wildman–Crippen LogP) is 4.38. The highest BCUT2D eigenvalue weighted by molar-refractivity contribution is 5.77. The van der Waals surface area contributed by atoms with Gasteiger partial charge in [0, 0.05) is 24.6 Å². The second-order valence-corrected chi connectivity index (χ2v) is 7.20. The lowest BCUT2D eigenvalue weighted by Crippen LogP contribution is -2.40. The zero-order chi connectivity index (χ0) is 18.5. The van der Waals surface area contributed by atoms with Crippen molar-refractivity contribution < 1.29 is 13.7 Å². The van der Waals surface area contributed by atoms with Gasteiger partial charge in [-0.15, -0.1) is 0 Å². The molecule has 140 valence electrons.